The second-order valence-corrected chi connectivity index (χ2v) is 6.34. The van der Waals surface area contributed by atoms with E-state index in [9.17, 15) is 4.79 Å². The zero-order valence-corrected chi connectivity index (χ0v) is 14.8. The number of aromatic nitrogens is 1. The van der Waals surface area contributed by atoms with E-state index in [1.807, 2.05) is 0 Å². The first-order chi connectivity index (χ1) is 12.6. The van der Waals surface area contributed by atoms with E-state index in [-0.39, 0.29) is 19.2 Å². The van der Waals surface area contributed by atoms with Gasteiger partial charge in [0.1, 0.15) is 5.69 Å². The number of benzene rings is 2. The lowest BCUT2D eigenvalue weighted by molar-refractivity contribution is 0.0946. The molecule has 6 nitrogen and oxygen atoms in total. The van der Waals surface area contributed by atoms with Gasteiger partial charge in [-0.1, -0.05) is 34.4 Å². The Bertz CT molecular complexity index is 967. The number of carbonyl (C=O) groups excluding carboxylic acids is 1. The summed E-state index contributed by atoms with van der Waals surface area (Å²) in [4.78, 5) is 12.3. The molecule has 0 atom stereocenters. The SMILES string of the molecule is O=C(NCc1cc(-c2c(Cl)cccc2Cl)no1)c1ccc2c(c1)OCO2. The predicted molar refractivity (Wildman–Crippen MR) is 95.7 cm³/mol. The molecular formula is C18H12Cl2N2O4. The topological polar surface area (TPSA) is 73.6 Å². The van der Waals surface area contributed by atoms with Crippen LogP contribution >= 0.6 is 23.2 Å². The lowest BCUT2D eigenvalue weighted by Crippen LogP contribution is -2.22. The largest absolute Gasteiger partial charge is 0.454 e. The normalized spacial score (nSPS) is 12.2. The number of hydrogen-bond donors (Lipinski definition) is 1. The molecule has 1 aliphatic heterocycles. The first-order valence-electron chi connectivity index (χ1n) is 7.69. The summed E-state index contributed by atoms with van der Waals surface area (Å²) < 4.78 is 15.8. The maximum absolute atomic E-state index is 12.3. The van der Waals surface area contributed by atoms with Crippen LogP contribution in [0.1, 0.15) is 16.1 Å². The zero-order chi connectivity index (χ0) is 18.1. The maximum atomic E-state index is 12.3. The highest BCUT2D eigenvalue weighted by Gasteiger charge is 2.17. The summed E-state index contributed by atoms with van der Waals surface area (Å²) in [5, 5.41) is 7.69. The molecule has 0 aliphatic carbocycles. The van der Waals surface area contributed by atoms with Crippen LogP contribution in [0, 0.1) is 0 Å². The maximum Gasteiger partial charge on any atom is 0.251 e. The third kappa shape index (κ3) is 3.21. The van der Waals surface area contributed by atoms with Gasteiger partial charge in [0.05, 0.1) is 16.6 Å². The molecule has 8 heteroatoms. The molecule has 0 saturated heterocycles. The summed E-state index contributed by atoms with van der Waals surface area (Å²) in [6, 6.07) is 11.9. The summed E-state index contributed by atoms with van der Waals surface area (Å²) >= 11 is 12.3. The number of ether oxygens (including phenoxy) is 2. The molecule has 1 aromatic heterocycles. The third-order valence-corrected chi connectivity index (χ3v) is 4.47. The molecule has 2 aromatic carbocycles. The van der Waals surface area contributed by atoms with Gasteiger partial charge in [-0.3, -0.25) is 4.79 Å². The molecule has 1 amide bonds. The Kier molecular flexibility index (Phi) is 4.44. The van der Waals surface area contributed by atoms with Crippen molar-refractivity contribution in [1.29, 1.82) is 0 Å². The van der Waals surface area contributed by atoms with Crippen molar-refractivity contribution >= 4 is 29.1 Å². The van der Waals surface area contributed by atoms with E-state index in [1.54, 1.807) is 42.5 Å². The Morgan fingerprint density at radius 3 is 2.65 bits per heavy atom. The fourth-order valence-corrected chi connectivity index (χ4v) is 3.15. The number of rotatable bonds is 4. The van der Waals surface area contributed by atoms with Crippen LogP contribution in [-0.2, 0) is 6.54 Å². The number of hydrogen-bond acceptors (Lipinski definition) is 5. The average Bonchev–Trinajstić information content (AvgIpc) is 3.28. The minimum Gasteiger partial charge on any atom is -0.454 e. The van der Waals surface area contributed by atoms with Gasteiger partial charge in [0, 0.05) is 17.2 Å². The first kappa shape index (κ1) is 16.8. The fourth-order valence-electron chi connectivity index (χ4n) is 2.56. The van der Waals surface area contributed by atoms with Crippen LogP contribution in [0.3, 0.4) is 0 Å². The van der Waals surface area contributed by atoms with Crippen LogP contribution < -0.4 is 14.8 Å². The fraction of sp³-hybridized carbons (Fsp3) is 0.111. The monoisotopic (exact) mass is 390 g/mol. The van der Waals surface area contributed by atoms with Gasteiger partial charge in [-0.15, -0.1) is 0 Å². The van der Waals surface area contributed by atoms with Crippen molar-refractivity contribution in [2.75, 3.05) is 6.79 Å². The lowest BCUT2D eigenvalue weighted by Gasteiger charge is -2.04. The van der Waals surface area contributed by atoms with Gasteiger partial charge in [-0.05, 0) is 30.3 Å². The molecule has 0 unspecified atom stereocenters. The average molecular weight is 391 g/mol. The first-order valence-corrected chi connectivity index (χ1v) is 8.45. The van der Waals surface area contributed by atoms with Crippen molar-refractivity contribution in [2.24, 2.45) is 0 Å². The van der Waals surface area contributed by atoms with Crippen molar-refractivity contribution in [3.63, 3.8) is 0 Å². The Balaban J connectivity index is 1.46. The summed E-state index contributed by atoms with van der Waals surface area (Å²) in [7, 11) is 0. The summed E-state index contributed by atoms with van der Waals surface area (Å²) in [6.45, 7) is 0.328. The Labute approximate surface area is 158 Å². The highest BCUT2D eigenvalue weighted by molar-refractivity contribution is 6.39. The molecule has 0 spiro atoms. The second kappa shape index (κ2) is 6.90. The summed E-state index contributed by atoms with van der Waals surface area (Å²) in [5.41, 5.74) is 1.56. The number of carbonyl (C=O) groups is 1. The van der Waals surface area contributed by atoms with Gasteiger partial charge in [-0.25, -0.2) is 0 Å². The third-order valence-electron chi connectivity index (χ3n) is 3.84. The van der Waals surface area contributed by atoms with Crippen LogP contribution in [0.5, 0.6) is 11.5 Å². The van der Waals surface area contributed by atoms with Crippen LogP contribution in [-0.4, -0.2) is 17.9 Å². The van der Waals surface area contributed by atoms with Gasteiger partial charge in [0.15, 0.2) is 17.3 Å². The number of amides is 1. The van der Waals surface area contributed by atoms with E-state index >= 15 is 0 Å². The minimum atomic E-state index is -0.267. The Morgan fingerprint density at radius 2 is 1.85 bits per heavy atom. The molecule has 0 saturated carbocycles. The molecular weight excluding hydrogens is 379 g/mol. The molecule has 26 heavy (non-hydrogen) atoms. The molecule has 0 fully saturated rings. The molecule has 4 rings (SSSR count). The standard InChI is InChI=1S/C18H12Cl2N2O4/c19-12-2-1-3-13(20)17(12)14-7-11(26-22-14)8-21-18(23)10-4-5-15-16(6-10)25-9-24-15/h1-7H,8-9H2,(H,21,23). The van der Waals surface area contributed by atoms with Crippen molar-refractivity contribution in [2.45, 2.75) is 6.54 Å². The van der Waals surface area contributed by atoms with E-state index in [2.05, 4.69) is 10.5 Å². The van der Waals surface area contributed by atoms with Gasteiger partial charge >= 0.3 is 0 Å². The predicted octanol–water partition coefficient (Wildman–Crippen LogP) is 4.31. The van der Waals surface area contributed by atoms with E-state index < -0.39 is 0 Å². The quantitative estimate of drug-likeness (QED) is 0.718. The number of halogens is 2. The van der Waals surface area contributed by atoms with Gasteiger partial charge < -0.3 is 19.3 Å². The molecule has 2 heterocycles. The number of nitrogens with zero attached hydrogens (tertiary/aromatic N) is 1. The highest BCUT2D eigenvalue weighted by atomic mass is 35.5. The smallest absolute Gasteiger partial charge is 0.251 e. The van der Waals surface area contributed by atoms with Gasteiger partial charge in [0.2, 0.25) is 6.79 Å². The molecule has 1 aliphatic rings. The van der Waals surface area contributed by atoms with Gasteiger partial charge in [0.25, 0.3) is 5.91 Å². The van der Waals surface area contributed by atoms with Gasteiger partial charge in [-0.2, -0.15) is 0 Å². The zero-order valence-electron chi connectivity index (χ0n) is 13.3. The van der Waals surface area contributed by atoms with E-state index in [0.29, 0.717) is 44.1 Å². The van der Waals surface area contributed by atoms with Crippen LogP contribution in [0.2, 0.25) is 10.0 Å². The lowest BCUT2D eigenvalue weighted by atomic mass is 10.1. The molecule has 0 bridgehead atoms. The number of nitrogens with one attached hydrogen (secondary N) is 1. The van der Waals surface area contributed by atoms with E-state index in [0.717, 1.165) is 0 Å². The molecule has 1 N–H and O–H groups in total. The molecule has 3 aromatic rings. The summed E-state index contributed by atoms with van der Waals surface area (Å²) in [6.07, 6.45) is 0. The highest BCUT2D eigenvalue weighted by Crippen LogP contribution is 2.34. The van der Waals surface area contributed by atoms with E-state index in [1.165, 1.54) is 0 Å². The second-order valence-electron chi connectivity index (χ2n) is 5.53. The van der Waals surface area contributed by atoms with Crippen LogP contribution in [0.4, 0.5) is 0 Å². The van der Waals surface area contributed by atoms with E-state index in [4.69, 9.17) is 37.2 Å². The minimum absolute atomic E-state index is 0.159. The van der Waals surface area contributed by atoms with Crippen LogP contribution in [0.25, 0.3) is 11.3 Å². The Morgan fingerprint density at radius 1 is 1.08 bits per heavy atom. The van der Waals surface area contributed by atoms with Crippen LogP contribution in [0.15, 0.2) is 47.0 Å². The van der Waals surface area contributed by atoms with Crippen molar-refractivity contribution in [1.82, 2.24) is 10.5 Å². The molecule has 0 radical (unpaired) electrons. The summed E-state index contributed by atoms with van der Waals surface area (Å²) in [5.74, 6) is 1.38. The van der Waals surface area contributed by atoms with Crippen molar-refractivity contribution in [3.05, 3.63) is 63.8 Å². The van der Waals surface area contributed by atoms with Crippen molar-refractivity contribution in [3.8, 4) is 22.8 Å². The number of fused-ring (bicyclic) bond motifs is 1. The van der Waals surface area contributed by atoms with Crippen molar-refractivity contribution < 1.29 is 18.8 Å². The Hall–Kier alpha value is -2.70. The molecule has 132 valence electrons.